The maximum absolute atomic E-state index is 12.2. The highest BCUT2D eigenvalue weighted by Crippen LogP contribution is 2.31. The summed E-state index contributed by atoms with van der Waals surface area (Å²) in [5.74, 6) is 1.80. The van der Waals surface area contributed by atoms with Crippen molar-refractivity contribution in [2.45, 2.75) is 38.3 Å². The van der Waals surface area contributed by atoms with E-state index in [4.69, 9.17) is 9.47 Å². The van der Waals surface area contributed by atoms with Crippen LogP contribution in [0.15, 0.2) is 36.7 Å². The Morgan fingerprint density at radius 3 is 2.88 bits per heavy atom. The molecule has 1 amide bonds. The zero-order valence-corrected chi connectivity index (χ0v) is 13.5. The van der Waals surface area contributed by atoms with Crippen LogP contribution in [0.3, 0.4) is 0 Å². The molecular weight excluding hydrogens is 306 g/mol. The van der Waals surface area contributed by atoms with Crippen LogP contribution < -0.4 is 14.8 Å². The van der Waals surface area contributed by atoms with Crippen LogP contribution in [0.5, 0.6) is 11.5 Å². The lowest BCUT2D eigenvalue weighted by Gasteiger charge is -2.26. The van der Waals surface area contributed by atoms with E-state index in [1.165, 1.54) is 0 Å². The highest BCUT2D eigenvalue weighted by Gasteiger charge is 2.24. The average molecular weight is 327 g/mol. The fourth-order valence-corrected chi connectivity index (χ4v) is 3.32. The van der Waals surface area contributed by atoms with Crippen LogP contribution in [-0.4, -0.2) is 28.4 Å². The van der Waals surface area contributed by atoms with E-state index >= 15 is 0 Å². The summed E-state index contributed by atoms with van der Waals surface area (Å²) < 4.78 is 13.4. The van der Waals surface area contributed by atoms with E-state index in [2.05, 4.69) is 10.4 Å². The number of amides is 1. The van der Waals surface area contributed by atoms with Crippen LogP contribution in [0, 0.1) is 5.92 Å². The summed E-state index contributed by atoms with van der Waals surface area (Å²) >= 11 is 0. The molecule has 1 fully saturated rings. The van der Waals surface area contributed by atoms with Gasteiger partial charge in [-0.1, -0.05) is 25.0 Å². The number of ether oxygens (including phenoxy) is 2. The van der Waals surface area contributed by atoms with E-state index in [0.29, 0.717) is 13.2 Å². The molecule has 1 unspecified atom stereocenters. The van der Waals surface area contributed by atoms with E-state index < -0.39 is 0 Å². The molecule has 1 saturated carbocycles. The van der Waals surface area contributed by atoms with Crippen molar-refractivity contribution >= 4 is 11.6 Å². The Bertz CT molecular complexity index is 722. The second-order valence-electron chi connectivity index (χ2n) is 6.42. The molecule has 1 atom stereocenters. The van der Waals surface area contributed by atoms with Crippen molar-refractivity contribution in [3.63, 3.8) is 0 Å². The molecule has 2 heterocycles. The van der Waals surface area contributed by atoms with Gasteiger partial charge in [0, 0.05) is 12.1 Å². The first-order chi connectivity index (χ1) is 11.8. The SMILES string of the molecule is O=C(Nc1cnn(CC2COc3ccccc3O2)c1)C1CCCC1. The highest BCUT2D eigenvalue weighted by molar-refractivity contribution is 5.92. The number of carbonyl (C=O) groups excluding carboxylic acids is 1. The lowest BCUT2D eigenvalue weighted by Crippen LogP contribution is -2.33. The van der Waals surface area contributed by atoms with E-state index in [0.717, 1.165) is 42.9 Å². The minimum atomic E-state index is -0.0989. The number of fused-ring (bicyclic) bond motifs is 1. The number of benzene rings is 1. The van der Waals surface area contributed by atoms with Gasteiger partial charge in [-0.05, 0) is 25.0 Å². The lowest BCUT2D eigenvalue weighted by atomic mass is 10.1. The van der Waals surface area contributed by atoms with Crippen molar-refractivity contribution in [1.82, 2.24) is 9.78 Å². The molecule has 1 aromatic heterocycles. The predicted molar refractivity (Wildman–Crippen MR) is 89.2 cm³/mol. The quantitative estimate of drug-likeness (QED) is 0.938. The van der Waals surface area contributed by atoms with Crippen LogP contribution >= 0.6 is 0 Å². The van der Waals surface area contributed by atoms with Crippen molar-refractivity contribution in [3.8, 4) is 11.5 Å². The van der Waals surface area contributed by atoms with Gasteiger partial charge >= 0.3 is 0 Å². The number of nitrogens with zero attached hydrogens (tertiary/aromatic N) is 2. The van der Waals surface area contributed by atoms with Crippen molar-refractivity contribution in [3.05, 3.63) is 36.7 Å². The Morgan fingerprint density at radius 2 is 2.04 bits per heavy atom. The molecule has 126 valence electrons. The fourth-order valence-electron chi connectivity index (χ4n) is 3.32. The smallest absolute Gasteiger partial charge is 0.227 e. The zero-order chi connectivity index (χ0) is 16.4. The van der Waals surface area contributed by atoms with Gasteiger partial charge in [-0.3, -0.25) is 9.48 Å². The van der Waals surface area contributed by atoms with Gasteiger partial charge in [0.2, 0.25) is 5.91 Å². The van der Waals surface area contributed by atoms with Crippen LogP contribution in [0.2, 0.25) is 0 Å². The Morgan fingerprint density at radius 1 is 1.25 bits per heavy atom. The third-order valence-electron chi connectivity index (χ3n) is 4.58. The van der Waals surface area contributed by atoms with Crippen LogP contribution in [-0.2, 0) is 11.3 Å². The van der Waals surface area contributed by atoms with Crippen LogP contribution in [0.1, 0.15) is 25.7 Å². The molecule has 0 saturated heterocycles. The van der Waals surface area contributed by atoms with Gasteiger partial charge in [-0.25, -0.2) is 0 Å². The molecule has 4 rings (SSSR count). The van der Waals surface area contributed by atoms with Crippen LogP contribution in [0.4, 0.5) is 5.69 Å². The minimum Gasteiger partial charge on any atom is -0.486 e. The molecule has 0 bridgehead atoms. The second-order valence-corrected chi connectivity index (χ2v) is 6.42. The Labute approximate surface area is 140 Å². The van der Waals surface area contributed by atoms with E-state index in [1.807, 2.05) is 30.5 Å². The summed E-state index contributed by atoms with van der Waals surface area (Å²) in [5, 5.41) is 7.28. The minimum absolute atomic E-state index is 0.0989. The molecule has 6 heteroatoms. The molecule has 2 aromatic rings. The number of para-hydroxylation sites is 2. The third kappa shape index (κ3) is 3.22. The average Bonchev–Trinajstić information content (AvgIpc) is 3.27. The standard InChI is InChI=1S/C18H21N3O3/c22-18(13-5-1-2-6-13)20-14-9-19-21(10-14)11-15-12-23-16-7-3-4-8-17(16)24-15/h3-4,7-10,13,15H,1-2,5-6,11-12H2,(H,20,22). The molecule has 6 nitrogen and oxygen atoms in total. The number of hydrogen-bond acceptors (Lipinski definition) is 4. The molecule has 1 aromatic carbocycles. The van der Waals surface area contributed by atoms with Gasteiger partial charge in [0.25, 0.3) is 0 Å². The van der Waals surface area contributed by atoms with Gasteiger partial charge in [-0.2, -0.15) is 5.10 Å². The molecular formula is C18H21N3O3. The number of hydrogen-bond donors (Lipinski definition) is 1. The third-order valence-corrected chi connectivity index (χ3v) is 4.58. The maximum atomic E-state index is 12.2. The second kappa shape index (κ2) is 6.55. The molecule has 0 radical (unpaired) electrons. The van der Waals surface area contributed by atoms with Gasteiger partial charge in [0.05, 0.1) is 18.4 Å². The first-order valence-electron chi connectivity index (χ1n) is 8.50. The summed E-state index contributed by atoms with van der Waals surface area (Å²) in [6.07, 6.45) is 7.72. The first kappa shape index (κ1) is 15.1. The fraction of sp³-hybridized carbons (Fsp3) is 0.444. The van der Waals surface area contributed by atoms with Gasteiger partial charge in [0.1, 0.15) is 6.61 Å². The molecule has 1 aliphatic carbocycles. The summed E-state index contributed by atoms with van der Waals surface area (Å²) in [7, 11) is 0. The number of rotatable bonds is 4. The summed E-state index contributed by atoms with van der Waals surface area (Å²) in [6, 6.07) is 7.65. The Balaban J connectivity index is 1.35. The molecule has 24 heavy (non-hydrogen) atoms. The van der Waals surface area contributed by atoms with E-state index in [-0.39, 0.29) is 17.9 Å². The van der Waals surface area contributed by atoms with Gasteiger partial charge < -0.3 is 14.8 Å². The number of anilines is 1. The first-order valence-corrected chi connectivity index (χ1v) is 8.50. The summed E-state index contributed by atoms with van der Waals surface area (Å²) in [6.45, 7) is 1.06. The molecule has 2 aliphatic rings. The molecule has 1 aliphatic heterocycles. The maximum Gasteiger partial charge on any atom is 0.227 e. The van der Waals surface area contributed by atoms with Crippen molar-refractivity contribution in [2.24, 2.45) is 5.92 Å². The summed E-state index contributed by atoms with van der Waals surface area (Å²) in [5.41, 5.74) is 0.740. The highest BCUT2D eigenvalue weighted by atomic mass is 16.6. The number of nitrogens with one attached hydrogen (secondary N) is 1. The normalized spacial score (nSPS) is 20.1. The topological polar surface area (TPSA) is 65.4 Å². The van der Waals surface area contributed by atoms with Crippen LogP contribution in [0.25, 0.3) is 0 Å². The molecule has 1 N–H and O–H groups in total. The largest absolute Gasteiger partial charge is 0.486 e. The monoisotopic (exact) mass is 327 g/mol. The predicted octanol–water partition coefficient (Wildman–Crippen LogP) is 2.85. The van der Waals surface area contributed by atoms with Crippen molar-refractivity contribution in [1.29, 1.82) is 0 Å². The lowest BCUT2D eigenvalue weighted by molar-refractivity contribution is -0.119. The van der Waals surface area contributed by atoms with Gasteiger partial charge in [-0.15, -0.1) is 0 Å². The van der Waals surface area contributed by atoms with E-state index in [1.54, 1.807) is 10.9 Å². The van der Waals surface area contributed by atoms with Crippen molar-refractivity contribution < 1.29 is 14.3 Å². The Hall–Kier alpha value is -2.50. The number of carbonyl (C=O) groups is 1. The number of aromatic nitrogens is 2. The van der Waals surface area contributed by atoms with Gasteiger partial charge in [0.15, 0.2) is 17.6 Å². The zero-order valence-electron chi connectivity index (χ0n) is 13.5. The Kier molecular flexibility index (Phi) is 4.11. The summed E-state index contributed by atoms with van der Waals surface area (Å²) in [4.78, 5) is 12.2. The van der Waals surface area contributed by atoms with Crippen molar-refractivity contribution in [2.75, 3.05) is 11.9 Å². The molecule has 0 spiro atoms. The van der Waals surface area contributed by atoms with E-state index in [9.17, 15) is 4.79 Å².